The second-order valence-electron chi connectivity index (χ2n) is 8.20. The van der Waals surface area contributed by atoms with Gasteiger partial charge in [0.15, 0.2) is 0 Å². The van der Waals surface area contributed by atoms with Crippen LogP contribution in [0.3, 0.4) is 0 Å². The van der Waals surface area contributed by atoms with E-state index < -0.39 is 0 Å². The molecule has 3 heterocycles. The molecule has 2 aliphatic rings. The molecular formula is C23H32N6O2. The number of aromatic nitrogens is 2. The zero-order valence-corrected chi connectivity index (χ0v) is 18.2. The molecule has 0 spiro atoms. The summed E-state index contributed by atoms with van der Waals surface area (Å²) in [6.07, 6.45) is 7.73. The van der Waals surface area contributed by atoms with Crippen molar-refractivity contribution in [3.63, 3.8) is 0 Å². The molecule has 2 aliphatic heterocycles. The molecule has 0 radical (unpaired) electrons. The summed E-state index contributed by atoms with van der Waals surface area (Å²) in [6, 6.07) is 10.3. The predicted molar refractivity (Wildman–Crippen MR) is 120 cm³/mol. The van der Waals surface area contributed by atoms with Crippen molar-refractivity contribution in [2.45, 2.75) is 37.8 Å². The number of likely N-dealkylation sites (tertiary alicyclic amines) is 1. The number of nitrogens with one attached hydrogen (secondary N) is 2. The van der Waals surface area contributed by atoms with Crippen LogP contribution in [0.25, 0.3) is 0 Å². The fraction of sp³-hybridized carbons (Fsp3) is 0.522. The molecule has 31 heavy (non-hydrogen) atoms. The summed E-state index contributed by atoms with van der Waals surface area (Å²) in [5, 5.41) is 6.27. The van der Waals surface area contributed by atoms with Crippen LogP contribution in [0, 0.1) is 0 Å². The molecule has 2 amide bonds. The molecule has 0 saturated carbocycles. The third kappa shape index (κ3) is 5.64. The number of carbonyl (C=O) groups is 1. The first-order valence-electron chi connectivity index (χ1n) is 11.2. The first kappa shape index (κ1) is 21.4. The van der Waals surface area contributed by atoms with E-state index in [0.29, 0.717) is 6.54 Å². The van der Waals surface area contributed by atoms with Crippen molar-refractivity contribution in [3.05, 3.63) is 48.3 Å². The van der Waals surface area contributed by atoms with Crippen LogP contribution < -0.4 is 20.3 Å². The zero-order valence-electron chi connectivity index (χ0n) is 18.2. The average Bonchev–Trinajstić information content (AvgIpc) is 3.35. The van der Waals surface area contributed by atoms with Gasteiger partial charge in [0.2, 0.25) is 5.95 Å². The molecule has 1 atom stereocenters. The molecule has 2 N–H and O–H groups in total. The molecule has 1 aromatic heterocycles. The van der Waals surface area contributed by atoms with Crippen molar-refractivity contribution in [1.29, 1.82) is 0 Å². The van der Waals surface area contributed by atoms with Crippen molar-refractivity contribution < 1.29 is 9.53 Å². The van der Waals surface area contributed by atoms with Gasteiger partial charge in [-0.1, -0.05) is 12.1 Å². The predicted octanol–water partition coefficient (Wildman–Crippen LogP) is 2.59. The molecule has 1 unspecified atom stereocenters. The number of carbonyl (C=O) groups excluding carboxylic acids is 1. The Morgan fingerprint density at radius 1 is 1.10 bits per heavy atom. The largest absolute Gasteiger partial charge is 0.497 e. The number of methoxy groups -OCH3 is 1. The number of amides is 2. The fourth-order valence-corrected chi connectivity index (χ4v) is 4.44. The smallest absolute Gasteiger partial charge is 0.315 e. The molecule has 2 fully saturated rings. The maximum atomic E-state index is 12.6. The maximum Gasteiger partial charge on any atom is 0.315 e. The Hall–Kier alpha value is -2.87. The SMILES string of the molecule is COc1ccc(C(CNC(=O)NC2CCN(c3ncccn3)CC2)N2CCCC2)cc1. The number of anilines is 1. The summed E-state index contributed by atoms with van der Waals surface area (Å²) in [4.78, 5) is 25.9. The van der Waals surface area contributed by atoms with Gasteiger partial charge in [-0.15, -0.1) is 0 Å². The van der Waals surface area contributed by atoms with Gasteiger partial charge >= 0.3 is 6.03 Å². The van der Waals surface area contributed by atoms with Gasteiger partial charge in [-0.3, -0.25) is 4.90 Å². The Balaban J connectivity index is 1.28. The lowest BCUT2D eigenvalue weighted by Gasteiger charge is -2.33. The normalized spacial score (nSPS) is 18.5. The van der Waals surface area contributed by atoms with Crippen molar-refractivity contribution in [2.24, 2.45) is 0 Å². The highest BCUT2D eigenvalue weighted by Gasteiger charge is 2.25. The fourth-order valence-electron chi connectivity index (χ4n) is 4.44. The second-order valence-corrected chi connectivity index (χ2v) is 8.20. The van der Waals surface area contributed by atoms with E-state index in [0.717, 1.165) is 50.7 Å². The van der Waals surface area contributed by atoms with E-state index in [2.05, 4.69) is 42.5 Å². The Morgan fingerprint density at radius 2 is 1.77 bits per heavy atom. The van der Waals surface area contributed by atoms with E-state index >= 15 is 0 Å². The minimum absolute atomic E-state index is 0.0906. The minimum atomic E-state index is -0.0906. The molecule has 2 aromatic rings. The van der Waals surface area contributed by atoms with Gasteiger partial charge in [-0.2, -0.15) is 0 Å². The van der Waals surface area contributed by atoms with E-state index in [-0.39, 0.29) is 18.1 Å². The minimum Gasteiger partial charge on any atom is -0.497 e. The Morgan fingerprint density at radius 3 is 2.42 bits per heavy atom. The molecule has 166 valence electrons. The first-order chi connectivity index (χ1) is 15.2. The summed E-state index contributed by atoms with van der Waals surface area (Å²) in [6.45, 7) is 4.42. The zero-order chi connectivity index (χ0) is 21.5. The Labute approximate surface area is 184 Å². The number of urea groups is 1. The van der Waals surface area contributed by atoms with Crippen LogP contribution in [0.15, 0.2) is 42.7 Å². The van der Waals surface area contributed by atoms with Crippen molar-refractivity contribution >= 4 is 12.0 Å². The third-order valence-corrected chi connectivity index (χ3v) is 6.20. The van der Waals surface area contributed by atoms with E-state index in [1.165, 1.54) is 18.4 Å². The van der Waals surface area contributed by atoms with Crippen LogP contribution in [0.2, 0.25) is 0 Å². The summed E-state index contributed by atoms with van der Waals surface area (Å²) >= 11 is 0. The number of nitrogens with zero attached hydrogens (tertiary/aromatic N) is 4. The lowest BCUT2D eigenvalue weighted by Crippen LogP contribution is -2.49. The summed E-state index contributed by atoms with van der Waals surface area (Å²) < 4.78 is 5.29. The number of ether oxygens (including phenoxy) is 1. The topological polar surface area (TPSA) is 82.6 Å². The molecule has 8 nitrogen and oxygen atoms in total. The van der Waals surface area contributed by atoms with Crippen LogP contribution in [0.1, 0.15) is 37.3 Å². The standard InChI is InChI=1S/C23H32N6O2/c1-31-20-7-5-18(6-8-20)21(28-13-2-3-14-28)17-26-23(30)27-19-9-15-29(16-10-19)22-24-11-4-12-25-22/h4-8,11-12,19,21H,2-3,9-10,13-17H2,1H3,(H2,26,27,30). The van der Waals surface area contributed by atoms with Gasteiger partial charge in [-0.25, -0.2) is 14.8 Å². The van der Waals surface area contributed by atoms with Gasteiger partial charge in [0.1, 0.15) is 5.75 Å². The van der Waals surface area contributed by atoms with E-state index in [1.807, 2.05) is 18.2 Å². The molecule has 2 saturated heterocycles. The monoisotopic (exact) mass is 424 g/mol. The first-order valence-corrected chi connectivity index (χ1v) is 11.2. The van der Waals surface area contributed by atoms with Crippen molar-refractivity contribution in [3.8, 4) is 5.75 Å². The van der Waals surface area contributed by atoms with Gasteiger partial charge in [0.05, 0.1) is 13.2 Å². The molecule has 0 aliphatic carbocycles. The quantitative estimate of drug-likeness (QED) is 0.711. The van der Waals surface area contributed by atoms with Gasteiger partial charge in [0.25, 0.3) is 0 Å². The van der Waals surface area contributed by atoms with E-state index in [4.69, 9.17) is 4.74 Å². The molecule has 1 aromatic carbocycles. The summed E-state index contributed by atoms with van der Waals surface area (Å²) in [5.41, 5.74) is 1.21. The van der Waals surface area contributed by atoms with Gasteiger partial charge in [-0.05, 0) is 62.5 Å². The van der Waals surface area contributed by atoms with Gasteiger partial charge in [0, 0.05) is 38.1 Å². The average molecular weight is 425 g/mol. The number of hydrogen-bond acceptors (Lipinski definition) is 6. The second kappa shape index (κ2) is 10.4. The van der Waals surface area contributed by atoms with Crippen LogP contribution in [-0.2, 0) is 0 Å². The molecule has 4 rings (SSSR count). The Kier molecular flexibility index (Phi) is 7.19. The number of hydrogen-bond donors (Lipinski definition) is 2. The lowest BCUT2D eigenvalue weighted by molar-refractivity contribution is 0.216. The van der Waals surface area contributed by atoms with Crippen LogP contribution >= 0.6 is 0 Å². The van der Waals surface area contributed by atoms with Gasteiger partial charge < -0.3 is 20.3 Å². The van der Waals surface area contributed by atoms with E-state index in [1.54, 1.807) is 19.5 Å². The molecule has 0 bridgehead atoms. The molecular weight excluding hydrogens is 392 g/mol. The highest BCUT2D eigenvalue weighted by Crippen LogP contribution is 2.26. The van der Waals surface area contributed by atoms with Crippen LogP contribution in [0.5, 0.6) is 5.75 Å². The third-order valence-electron chi connectivity index (χ3n) is 6.20. The van der Waals surface area contributed by atoms with Crippen LogP contribution in [-0.4, -0.2) is 66.8 Å². The van der Waals surface area contributed by atoms with Crippen LogP contribution in [0.4, 0.5) is 10.7 Å². The Bertz CT molecular complexity index is 818. The van der Waals surface area contributed by atoms with Crippen molar-refractivity contribution in [2.75, 3.05) is 44.7 Å². The summed E-state index contributed by atoms with van der Waals surface area (Å²) in [5.74, 6) is 1.61. The van der Waals surface area contributed by atoms with Crippen molar-refractivity contribution in [1.82, 2.24) is 25.5 Å². The number of benzene rings is 1. The van der Waals surface area contributed by atoms with E-state index in [9.17, 15) is 4.79 Å². The number of rotatable bonds is 7. The summed E-state index contributed by atoms with van der Waals surface area (Å²) in [7, 11) is 1.68. The highest BCUT2D eigenvalue weighted by atomic mass is 16.5. The maximum absolute atomic E-state index is 12.6. The molecule has 8 heteroatoms. The highest BCUT2D eigenvalue weighted by molar-refractivity contribution is 5.74. The number of piperidine rings is 1. The lowest BCUT2D eigenvalue weighted by atomic mass is 10.0.